The van der Waals surface area contributed by atoms with Gasteiger partial charge < -0.3 is 9.64 Å². The maximum Gasteiger partial charge on any atom is 0.410 e. The highest BCUT2D eigenvalue weighted by Gasteiger charge is 2.27. The lowest BCUT2D eigenvalue weighted by Crippen LogP contribution is -2.40. The first-order chi connectivity index (χ1) is 8.78. The lowest BCUT2D eigenvalue weighted by Gasteiger charge is -2.31. The lowest BCUT2D eigenvalue weighted by molar-refractivity contribution is 0.0223. The zero-order chi connectivity index (χ0) is 14.2. The number of carbonyl (C=O) groups excluding carboxylic acids is 1. The van der Waals surface area contributed by atoms with Gasteiger partial charge in [-0.15, -0.1) is 0 Å². The van der Waals surface area contributed by atoms with E-state index in [1.54, 1.807) is 11.0 Å². The number of halogens is 2. The molecule has 0 fully saturated rings. The van der Waals surface area contributed by atoms with E-state index in [2.05, 4.69) is 15.9 Å². The van der Waals surface area contributed by atoms with Gasteiger partial charge in [0, 0.05) is 13.1 Å². The van der Waals surface area contributed by atoms with Gasteiger partial charge in [-0.2, -0.15) is 0 Å². The third kappa shape index (κ3) is 3.26. The number of rotatable bonds is 0. The van der Waals surface area contributed by atoms with E-state index in [1.807, 2.05) is 20.8 Å². The van der Waals surface area contributed by atoms with Crippen LogP contribution in [0, 0.1) is 5.82 Å². The van der Waals surface area contributed by atoms with Crippen molar-refractivity contribution in [3.63, 3.8) is 0 Å². The average Bonchev–Trinajstić information content (AvgIpc) is 2.31. The van der Waals surface area contributed by atoms with Crippen molar-refractivity contribution in [3.05, 3.63) is 33.5 Å². The monoisotopic (exact) mass is 329 g/mol. The second kappa shape index (κ2) is 5.12. The Morgan fingerprint density at radius 2 is 2.11 bits per heavy atom. The quantitative estimate of drug-likeness (QED) is 0.722. The first-order valence-electron chi connectivity index (χ1n) is 6.21. The summed E-state index contributed by atoms with van der Waals surface area (Å²) in [6.45, 7) is 6.53. The van der Waals surface area contributed by atoms with E-state index in [9.17, 15) is 9.18 Å². The Hall–Kier alpha value is -1.10. The molecular weight excluding hydrogens is 313 g/mol. The van der Waals surface area contributed by atoms with E-state index in [4.69, 9.17) is 4.74 Å². The Labute approximate surface area is 120 Å². The lowest BCUT2D eigenvalue weighted by atomic mass is 10.00. The van der Waals surface area contributed by atoms with Crippen molar-refractivity contribution >= 4 is 22.0 Å². The summed E-state index contributed by atoms with van der Waals surface area (Å²) in [5, 5.41) is 0. The number of nitrogens with zero attached hydrogens (tertiary/aromatic N) is 1. The summed E-state index contributed by atoms with van der Waals surface area (Å²) >= 11 is 3.26. The van der Waals surface area contributed by atoms with Crippen molar-refractivity contribution in [2.45, 2.75) is 39.3 Å². The Morgan fingerprint density at radius 3 is 2.74 bits per heavy atom. The van der Waals surface area contributed by atoms with Crippen LogP contribution in [0.25, 0.3) is 0 Å². The molecule has 0 unspecified atom stereocenters. The molecule has 1 aromatic rings. The van der Waals surface area contributed by atoms with Gasteiger partial charge >= 0.3 is 6.09 Å². The average molecular weight is 330 g/mol. The van der Waals surface area contributed by atoms with E-state index < -0.39 is 5.60 Å². The van der Waals surface area contributed by atoms with Gasteiger partial charge in [0.05, 0.1) is 4.47 Å². The number of fused-ring (bicyclic) bond motifs is 1. The van der Waals surface area contributed by atoms with Crippen molar-refractivity contribution < 1.29 is 13.9 Å². The minimum atomic E-state index is -0.499. The number of amides is 1. The third-order valence-corrected chi connectivity index (χ3v) is 3.80. The molecule has 0 N–H and O–H groups in total. The summed E-state index contributed by atoms with van der Waals surface area (Å²) in [6.07, 6.45) is 0.311. The number of benzene rings is 1. The Morgan fingerprint density at radius 1 is 1.42 bits per heavy atom. The van der Waals surface area contributed by atoms with Gasteiger partial charge in [0.1, 0.15) is 11.4 Å². The number of carbonyl (C=O) groups is 1. The maximum atomic E-state index is 13.4. The minimum absolute atomic E-state index is 0.260. The van der Waals surface area contributed by atoms with Crippen LogP contribution in [0.2, 0.25) is 0 Å². The van der Waals surface area contributed by atoms with Gasteiger partial charge in [-0.25, -0.2) is 9.18 Å². The van der Waals surface area contributed by atoms with Crippen molar-refractivity contribution in [2.24, 2.45) is 0 Å². The molecule has 1 aromatic carbocycles. The van der Waals surface area contributed by atoms with Crippen molar-refractivity contribution in [1.82, 2.24) is 4.90 Å². The predicted molar refractivity (Wildman–Crippen MR) is 74.4 cm³/mol. The molecule has 1 aliphatic heterocycles. The van der Waals surface area contributed by atoms with Gasteiger partial charge in [0.15, 0.2) is 0 Å². The van der Waals surface area contributed by atoms with E-state index in [0.29, 0.717) is 24.0 Å². The van der Waals surface area contributed by atoms with Crippen LogP contribution in [-0.2, 0) is 17.7 Å². The van der Waals surface area contributed by atoms with Crippen LogP contribution >= 0.6 is 15.9 Å². The molecule has 1 aliphatic rings. The number of ether oxygens (including phenoxy) is 1. The van der Waals surface area contributed by atoms with Crippen molar-refractivity contribution in [2.75, 3.05) is 6.54 Å². The molecule has 0 aromatic heterocycles. The third-order valence-electron chi connectivity index (χ3n) is 2.94. The molecule has 104 valence electrons. The summed E-state index contributed by atoms with van der Waals surface area (Å²) in [7, 11) is 0. The Kier molecular flexibility index (Phi) is 3.85. The van der Waals surface area contributed by atoms with Gasteiger partial charge in [0.2, 0.25) is 0 Å². The maximum absolute atomic E-state index is 13.4. The molecule has 0 spiro atoms. The molecule has 0 saturated heterocycles. The van der Waals surface area contributed by atoms with E-state index in [1.165, 1.54) is 6.07 Å². The standard InChI is InChI=1S/C14H17BrFNO2/c1-14(2,3)19-13(18)17-7-6-10-9(8-17)4-5-11(16)12(10)15/h4-5H,6-8H2,1-3H3. The summed E-state index contributed by atoms with van der Waals surface area (Å²) < 4.78 is 19.3. The molecule has 1 amide bonds. The molecule has 2 rings (SSSR count). The predicted octanol–water partition coefficient (Wildman–Crippen LogP) is 3.88. The zero-order valence-electron chi connectivity index (χ0n) is 11.3. The van der Waals surface area contributed by atoms with E-state index >= 15 is 0 Å². The first kappa shape index (κ1) is 14.3. The summed E-state index contributed by atoms with van der Waals surface area (Å²) in [4.78, 5) is 13.6. The highest BCUT2D eigenvalue weighted by Crippen LogP contribution is 2.29. The molecule has 0 bridgehead atoms. The number of hydrogen-bond donors (Lipinski definition) is 0. The highest BCUT2D eigenvalue weighted by atomic mass is 79.9. The van der Waals surface area contributed by atoms with Crippen LogP contribution in [-0.4, -0.2) is 23.1 Å². The second-order valence-corrected chi connectivity index (χ2v) is 6.44. The van der Waals surface area contributed by atoms with Crippen molar-refractivity contribution in [1.29, 1.82) is 0 Å². The Balaban J connectivity index is 2.15. The molecule has 5 heteroatoms. The molecular formula is C14H17BrFNO2. The summed E-state index contributed by atoms with van der Waals surface area (Å²) in [6, 6.07) is 3.15. The fourth-order valence-electron chi connectivity index (χ4n) is 2.06. The molecule has 19 heavy (non-hydrogen) atoms. The van der Waals surface area contributed by atoms with E-state index in [-0.39, 0.29) is 11.9 Å². The van der Waals surface area contributed by atoms with Crippen LogP contribution in [0.4, 0.5) is 9.18 Å². The SMILES string of the molecule is CC(C)(C)OC(=O)N1CCc2c(ccc(F)c2Br)C1. The van der Waals surface area contributed by atoms with Crippen LogP contribution in [0.15, 0.2) is 16.6 Å². The topological polar surface area (TPSA) is 29.5 Å². The second-order valence-electron chi connectivity index (χ2n) is 5.65. The first-order valence-corrected chi connectivity index (χ1v) is 7.01. The fraction of sp³-hybridized carbons (Fsp3) is 0.500. The number of hydrogen-bond acceptors (Lipinski definition) is 2. The van der Waals surface area contributed by atoms with Crippen LogP contribution in [0.1, 0.15) is 31.9 Å². The molecule has 0 aliphatic carbocycles. The normalized spacial score (nSPS) is 15.1. The van der Waals surface area contributed by atoms with Gasteiger partial charge in [-0.1, -0.05) is 6.07 Å². The van der Waals surface area contributed by atoms with E-state index in [0.717, 1.165) is 11.1 Å². The van der Waals surface area contributed by atoms with Crippen LogP contribution in [0.3, 0.4) is 0 Å². The molecule has 0 atom stereocenters. The highest BCUT2D eigenvalue weighted by molar-refractivity contribution is 9.10. The molecule has 0 saturated carbocycles. The van der Waals surface area contributed by atoms with Gasteiger partial charge in [0.25, 0.3) is 0 Å². The summed E-state index contributed by atoms with van der Waals surface area (Å²) in [5.41, 5.74) is 1.41. The van der Waals surface area contributed by atoms with Crippen molar-refractivity contribution in [3.8, 4) is 0 Å². The smallest absolute Gasteiger partial charge is 0.410 e. The van der Waals surface area contributed by atoms with Crippen LogP contribution < -0.4 is 0 Å². The largest absolute Gasteiger partial charge is 0.444 e. The van der Waals surface area contributed by atoms with Gasteiger partial charge in [-0.05, 0) is 60.3 Å². The summed E-state index contributed by atoms with van der Waals surface area (Å²) in [5.74, 6) is -0.260. The molecule has 0 radical (unpaired) electrons. The minimum Gasteiger partial charge on any atom is -0.444 e. The zero-order valence-corrected chi connectivity index (χ0v) is 12.9. The Bertz CT molecular complexity index is 511. The fourth-order valence-corrected chi connectivity index (χ4v) is 2.65. The van der Waals surface area contributed by atoms with Gasteiger partial charge in [-0.3, -0.25) is 0 Å². The molecule has 3 nitrogen and oxygen atoms in total. The van der Waals surface area contributed by atoms with Crippen LogP contribution in [0.5, 0.6) is 0 Å². The molecule has 1 heterocycles.